The van der Waals surface area contributed by atoms with Crippen LogP contribution in [0.15, 0.2) is 30.5 Å². The van der Waals surface area contributed by atoms with Crippen molar-refractivity contribution in [3.8, 4) is 5.82 Å². The summed E-state index contributed by atoms with van der Waals surface area (Å²) in [4.78, 5) is 28.3. The molecule has 0 atom stereocenters. The topological polar surface area (TPSA) is 104 Å². The van der Waals surface area contributed by atoms with Gasteiger partial charge < -0.3 is 10.1 Å². The number of nitrogens with zero attached hydrogens (tertiary/aromatic N) is 5. The quantitative estimate of drug-likeness (QED) is 0.688. The van der Waals surface area contributed by atoms with E-state index in [1.807, 2.05) is 26.8 Å². The fourth-order valence-electron chi connectivity index (χ4n) is 2.61. The van der Waals surface area contributed by atoms with Crippen molar-refractivity contribution in [1.29, 1.82) is 0 Å². The van der Waals surface area contributed by atoms with Crippen LogP contribution in [0.2, 0.25) is 0 Å². The van der Waals surface area contributed by atoms with Gasteiger partial charge in [-0.2, -0.15) is 10.2 Å². The molecule has 0 unspecified atom stereocenters. The Morgan fingerprint density at radius 1 is 1.11 bits per heavy atom. The Labute approximate surface area is 156 Å². The van der Waals surface area contributed by atoms with Crippen LogP contribution in [0.25, 0.3) is 5.82 Å². The fourth-order valence-corrected chi connectivity index (χ4v) is 2.61. The molecule has 3 heterocycles. The van der Waals surface area contributed by atoms with E-state index in [1.54, 1.807) is 29.9 Å². The standard InChI is InChI=1S/C18H20N6O3/c1-11-7-13(3)24(22-11)15-6-5-14(9-19-15)18(26)27-10-17(25)20-16-8-12(2)21-23(16)4/h5-9H,10H2,1-4H3,(H,20,25). The lowest BCUT2D eigenvalue weighted by atomic mass is 10.3. The second kappa shape index (κ2) is 7.40. The van der Waals surface area contributed by atoms with Crippen molar-refractivity contribution in [2.24, 2.45) is 7.05 Å². The zero-order chi connectivity index (χ0) is 19.6. The van der Waals surface area contributed by atoms with Crippen molar-refractivity contribution in [3.05, 3.63) is 53.1 Å². The third kappa shape index (κ3) is 4.20. The van der Waals surface area contributed by atoms with Crippen molar-refractivity contribution in [3.63, 3.8) is 0 Å². The number of nitrogens with one attached hydrogen (secondary N) is 1. The highest BCUT2D eigenvalue weighted by molar-refractivity contribution is 5.95. The highest BCUT2D eigenvalue weighted by Crippen LogP contribution is 2.11. The van der Waals surface area contributed by atoms with Crippen LogP contribution >= 0.6 is 0 Å². The van der Waals surface area contributed by atoms with E-state index in [2.05, 4.69) is 20.5 Å². The zero-order valence-corrected chi connectivity index (χ0v) is 15.6. The van der Waals surface area contributed by atoms with E-state index < -0.39 is 18.5 Å². The fraction of sp³-hybridized carbons (Fsp3) is 0.278. The summed E-state index contributed by atoms with van der Waals surface area (Å²) in [6.07, 6.45) is 1.40. The molecular weight excluding hydrogens is 348 g/mol. The molecule has 1 amide bonds. The minimum absolute atomic E-state index is 0.254. The smallest absolute Gasteiger partial charge is 0.340 e. The zero-order valence-electron chi connectivity index (χ0n) is 15.6. The SMILES string of the molecule is Cc1cc(NC(=O)COC(=O)c2ccc(-n3nc(C)cc3C)nc2)n(C)n1. The van der Waals surface area contributed by atoms with Gasteiger partial charge in [-0.3, -0.25) is 9.48 Å². The maximum absolute atomic E-state index is 12.1. The molecule has 0 saturated heterocycles. The summed E-state index contributed by atoms with van der Waals surface area (Å²) in [5, 5.41) is 11.1. The van der Waals surface area contributed by atoms with Crippen LogP contribution in [0.1, 0.15) is 27.4 Å². The van der Waals surface area contributed by atoms with Crippen LogP contribution in [-0.2, 0) is 16.6 Å². The van der Waals surface area contributed by atoms with Crippen molar-refractivity contribution >= 4 is 17.7 Å². The molecule has 9 nitrogen and oxygen atoms in total. The Bertz CT molecular complexity index is 987. The first-order chi connectivity index (χ1) is 12.8. The average molecular weight is 368 g/mol. The largest absolute Gasteiger partial charge is 0.452 e. The molecular formula is C18H20N6O3. The number of pyridine rings is 1. The van der Waals surface area contributed by atoms with E-state index in [1.165, 1.54) is 10.9 Å². The van der Waals surface area contributed by atoms with E-state index in [9.17, 15) is 9.59 Å². The third-order valence-corrected chi connectivity index (χ3v) is 3.81. The second-order valence-electron chi connectivity index (χ2n) is 6.16. The number of aryl methyl sites for hydroxylation is 4. The van der Waals surface area contributed by atoms with E-state index >= 15 is 0 Å². The second-order valence-corrected chi connectivity index (χ2v) is 6.16. The van der Waals surface area contributed by atoms with Gasteiger partial charge in [0, 0.05) is 25.0 Å². The van der Waals surface area contributed by atoms with Gasteiger partial charge in [0.25, 0.3) is 5.91 Å². The molecule has 0 saturated carbocycles. The predicted molar refractivity (Wildman–Crippen MR) is 97.7 cm³/mol. The van der Waals surface area contributed by atoms with Gasteiger partial charge in [0.05, 0.1) is 17.0 Å². The molecule has 27 heavy (non-hydrogen) atoms. The number of aromatic nitrogens is 5. The first kappa shape index (κ1) is 18.3. The molecule has 3 aromatic heterocycles. The monoisotopic (exact) mass is 368 g/mol. The van der Waals surface area contributed by atoms with Gasteiger partial charge in [-0.1, -0.05) is 0 Å². The number of hydrogen-bond donors (Lipinski definition) is 1. The van der Waals surface area contributed by atoms with Gasteiger partial charge >= 0.3 is 5.97 Å². The lowest BCUT2D eigenvalue weighted by molar-refractivity contribution is -0.119. The normalized spacial score (nSPS) is 10.7. The molecule has 0 radical (unpaired) electrons. The summed E-state index contributed by atoms with van der Waals surface area (Å²) >= 11 is 0. The van der Waals surface area contributed by atoms with E-state index in [4.69, 9.17) is 4.74 Å². The third-order valence-electron chi connectivity index (χ3n) is 3.81. The Balaban J connectivity index is 1.58. The molecule has 3 rings (SSSR count). The number of carbonyl (C=O) groups is 2. The van der Waals surface area contributed by atoms with Crippen molar-refractivity contribution in [2.45, 2.75) is 20.8 Å². The molecule has 1 N–H and O–H groups in total. The van der Waals surface area contributed by atoms with Crippen LogP contribution in [0, 0.1) is 20.8 Å². The van der Waals surface area contributed by atoms with Gasteiger partial charge in [0.15, 0.2) is 12.4 Å². The van der Waals surface area contributed by atoms with Gasteiger partial charge in [-0.25, -0.2) is 14.5 Å². The minimum Gasteiger partial charge on any atom is -0.452 e. The lowest BCUT2D eigenvalue weighted by Crippen LogP contribution is -2.22. The average Bonchev–Trinajstić information content (AvgIpc) is 3.13. The van der Waals surface area contributed by atoms with Crippen LogP contribution in [0.3, 0.4) is 0 Å². The van der Waals surface area contributed by atoms with Gasteiger partial charge in [-0.05, 0) is 39.0 Å². The number of esters is 1. The van der Waals surface area contributed by atoms with Gasteiger partial charge in [0.1, 0.15) is 5.82 Å². The lowest BCUT2D eigenvalue weighted by Gasteiger charge is -2.07. The minimum atomic E-state index is -0.626. The molecule has 9 heteroatoms. The van der Waals surface area contributed by atoms with E-state index in [-0.39, 0.29) is 5.56 Å². The Morgan fingerprint density at radius 2 is 1.85 bits per heavy atom. The molecule has 140 valence electrons. The number of amides is 1. The molecule has 3 aromatic rings. The molecule has 0 bridgehead atoms. The molecule has 0 aromatic carbocycles. The number of ether oxygens (including phenoxy) is 1. The van der Waals surface area contributed by atoms with Crippen molar-refractivity contribution < 1.29 is 14.3 Å². The Hall–Kier alpha value is -3.49. The summed E-state index contributed by atoms with van der Waals surface area (Å²) in [6, 6.07) is 6.92. The highest BCUT2D eigenvalue weighted by atomic mass is 16.5. The summed E-state index contributed by atoms with van der Waals surface area (Å²) in [7, 11) is 1.71. The Morgan fingerprint density at radius 3 is 2.41 bits per heavy atom. The summed E-state index contributed by atoms with van der Waals surface area (Å²) in [6.45, 7) is 5.24. The summed E-state index contributed by atoms with van der Waals surface area (Å²) in [5.74, 6) is 0.0586. The number of carbonyl (C=O) groups excluding carboxylic acids is 2. The number of hydrogen-bond acceptors (Lipinski definition) is 6. The number of rotatable bonds is 5. The summed E-state index contributed by atoms with van der Waals surface area (Å²) < 4.78 is 8.27. The predicted octanol–water partition coefficient (Wildman–Crippen LogP) is 1.72. The van der Waals surface area contributed by atoms with Crippen LogP contribution in [0.4, 0.5) is 5.82 Å². The van der Waals surface area contributed by atoms with Gasteiger partial charge in [0.2, 0.25) is 0 Å². The van der Waals surface area contributed by atoms with Crippen LogP contribution < -0.4 is 5.32 Å². The van der Waals surface area contributed by atoms with Crippen molar-refractivity contribution in [2.75, 3.05) is 11.9 Å². The maximum Gasteiger partial charge on any atom is 0.340 e. The summed E-state index contributed by atoms with van der Waals surface area (Å²) in [5.41, 5.74) is 2.85. The van der Waals surface area contributed by atoms with Gasteiger partial charge in [-0.15, -0.1) is 0 Å². The molecule has 0 spiro atoms. The van der Waals surface area contributed by atoms with E-state index in [0.29, 0.717) is 11.6 Å². The Kier molecular flexibility index (Phi) is 5.02. The van der Waals surface area contributed by atoms with Crippen molar-refractivity contribution in [1.82, 2.24) is 24.5 Å². The maximum atomic E-state index is 12.1. The van der Waals surface area contributed by atoms with Crippen LogP contribution in [-0.4, -0.2) is 43.0 Å². The molecule has 0 aliphatic rings. The first-order valence-corrected chi connectivity index (χ1v) is 8.31. The van der Waals surface area contributed by atoms with Crippen LogP contribution in [0.5, 0.6) is 0 Å². The molecule has 0 aliphatic heterocycles. The van der Waals surface area contributed by atoms with E-state index in [0.717, 1.165) is 17.1 Å². The number of anilines is 1. The first-order valence-electron chi connectivity index (χ1n) is 8.31. The highest BCUT2D eigenvalue weighted by Gasteiger charge is 2.13. The molecule has 0 aliphatic carbocycles. The molecule has 0 fully saturated rings.